The van der Waals surface area contributed by atoms with E-state index in [2.05, 4.69) is 36.2 Å². The highest BCUT2D eigenvalue weighted by Gasteiger charge is 2.25. The fourth-order valence-electron chi connectivity index (χ4n) is 4.58. The van der Waals surface area contributed by atoms with E-state index in [0.717, 1.165) is 53.1 Å². The second-order valence-corrected chi connectivity index (χ2v) is 10.7. The van der Waals surface area contributed by atoms with Gasteiger partial charge in [-0.2, -0.15) is 5.26 Å². The Morgan fingerprint density at radius 2 is 1.87 bits per heavy atom. The summed E-state index contributed by atoms with van der Waals surface area (Å²) >= 11 is 0. The van der Waals surface area contributed by atoms with Crippen molar-refractivity contribution in [3.8, 4) is 17.2 Å². The molecule has 1 saturated heterocycles. The molecule has 0 atom stereocenters. The van der Waals surface area contributed by atoms with Gasteiger partial charge >= 0.3 is 6.09 Å². The maximum atomic E-state index is 12.3. The lowest BCUT2D eigenvalue weighted by molar-refractivity contribution is 0.0139. The Kier molecular flexibility index (Phi) is 7.17. The summed E-state index contributed by atoms with van der Waals surface area (Å²) in [4.78, 5) is 33.1. The molecular weight excluding hydrogens is 492 g/mol. The Labute approximate surface area is 227 Å². The van der Waals surface area contributed by atoms with Crippen molar-refractivity contribution in [3.63, 3.8) is 0 Å². The van der Waals surface area contributed by atoms with Gasteiger partial charge in [0.2, 0.25) is 5.95 Å². The van der Waals surface area contributed by atoms with Crippen molar-refractivity contribution in [2.24, 2.45) is 0 Å². The highest BCUT2D eigenvalue weighted by atomic mass is 16.6. The van der Waals surface area contributed by atoms with E-state index >= 15 is 0 Å². The molecular formula is C29H32N8O2. The topological polar surface area (TPSA) is 123 Å². The van der Waals surface area contributed by atoms with E-state index in [-0.39, 0.29) is 6.09 Å². The average Bonchev–Trinajstić information content (AvgIpc) is 3.29. The number of aromatic nitrogens is 4. The predicted octanol–water partition coefficient (Wildman–Crippen LogP) is 5.00. The molecule has 1 aliphatic heterocycles. The number of pyridine rings is 2. The zero-order valence-electron chi connectivity index (χ0n) is 22.7. The van der Waals surface area contributed by atoms with Gasteiger partial charge in [0.05, 0.1) is 11.0 Å². The number of H-pyrrole nitrogens is 1. The smallest absolute Gasteiger partial charge is 0.410 e. The maximum Gasteiger partial charge on any atom is 0.410 e. The Morgan fingerprint density at radius 3 is 2.62 bits per heavy atom. The molecule has 1 amide bonds. The molecule has 39 heavy (non-hydrogen) atoms. The number of aryl methyl sites for hydroxylation is 1. The summed E-state index contributed by atoms with van der Waals surface area (Å²) < 4.78 is 5.50. The number of hydrogen-bond acceptors (Lipinski definition) is 8. The molecule has 1 fully saturated rings. The number of aromatic amines is 1. The Balaban J connectivity index is 1.23. The zero-order valence-corrected chi connectivity index (χ0v) is 22.7. The second-order valence-electron chi connectivity index (χ2n) is 10.7. The zero-order chi connectivity index (χ0) is 27.6. The summed E-state index contributed by atoms with van der Waals surface area (Å²) in [6.07, 6.45) is 1.53. The first-order valence-electron chi connectivity index (χ1n) is 13.0. The van der Waals surface area contributed by atoms with E-state index in [1.54, 1.807) is 17.2 Å². The van der Waals surface area contributed by atoms with Gasteiger partial charge in [-0.1, -0.05) is 6.07 Å². The first-order valence-corrected chi connectivity index (χ1v) is 13.0. The molecule has 3 aromatic heterocycles. The van der Waals surface area contributed by atoms with Gasteiger partial charge in [0, 0.05) is 44.6 Å². The fourth-order valence-corrected chi connectivity index (χ4v) is 4.58. The van der Waals surface area contributed by atoms with Crippen LogP contribution in [0.1, 0.15) is 37.7 Å². The summed E-state index contributed by atoms with van der Waals surface area (Å²) in [6.45, 7) is 11.1. The number of hydrogen-bond donors (Lipinski definition) is 2. The number of amides is 1. The van der Waals surface area contributed by atoms with Crippen molar-refractivity contribution in [1.29, 1.82) is 5.26 Å². The molecule has 200 valence electrons. The lowest BCUT2D eigenvalue weighted by atomic mass is 10.0. The van der Waals surface area contributed by atoms with Gasteiger partial charge in [-0.3, -0.25) is 4.90 Å². The summed E-state index contributed by atoms with van der Waals surface area (Å²) in [5.74, 6) is 1.30. The van der Waals surface area contributed by atoms with Crippen molar-refractivity contribution < 1.29 is 9.53 Å². The van der Waals surface area contributed by atoms with Crippen molar-refractivity contribution in [2.45, 2.75) is 39.8 Å². The quantitative estimate of drug-likeness (QED) is 0.374. The largest absolute Gasteiger partial charge is 0.444 e. The number of nitrogens with one attached hydrogen (secondary N) is 2. The van der Waals surface area contributed by atoms with E-state index in [1.165, 1.54) is 0 Å². The summed E-state index contributed by atoms with van der Waals surface area (Å²) in [5, 5.41) is 12.5. The van der Waals surface area contributed by atoms with Crippen LogP contribution in [0.15, 0.2) is 48.7 Å². The molecule has 4 aromatic rings. The number of benzene rings is 1. The Bertz CT molecular complexity index is 1540. The molecule has 1 aliphatic rings. The lowest BCUT2D eigenvalue weighted by Gasteiger charge is -2.35. The molecule has 0 unspecified atom stereocenters. The highest BCUT2D eigenvalue weighted by Crippen LogP contribution is 2.26. The van der Waals surface area contributed by atoms with E-state index in [4.69, 9.17) is 4.74 Å². The molecule has 10 heteroatoms. The number of anilines is 2. The number of carbonyl (C=O) groups excluding carboxylic acids is 1. The number of ether oxygens (including phenoxy) is 1. The Hall–Kier alpha value is -4.49. The minimum Gasteiger partial charge on any atom is -0.444 e. The predicted molar refractivity (Wildman–Crippen MR) is 149 cm³/mol. The van der Waals surface area contributed by atoms with Crippen LogP contribution in [0, 0.1) is 18.3 Å². The van der Waals surface area contributed by atoms with E-state index in [1.807, 2.05) is 64.1 Å². The third-order valence-electron chi connectivity index (χ3n) is 6.38. The first-order chi connectivity index (χ1) is 18.6. The number of imidazole rings is 1. The third-order valence-corrected chi connectivity index (χ3v) is 6.38. The number of nitriles is 1. The van der Waals surface area contributed by atoms with Gasteiger partial charge in [0.1, 0.15) is 23.2 Å². The monoisotopic (exact) mass is 524 g/mol. The van der Waals surface area contributed by atoms with Crippen molar-refractivity contribution in [1.82, 2.24) is 29.7 Å². The minimum atomic E-state index is -0.488. The number of fused-ring (bicyclic) bond motifs is 1. The van der Waals surface area contributed by atoms with Crippen LogP contribution in [0.3, 0.4) is 0 Å². The van der Waals surface area contributed by atoms with Crippen LogP contribution in [-0.2, 0) is 11.3 Å². The minimum absolute atomic E-state index is 0.252. The van der Waals surface area contributed by atoms with Crippen LogP contribution in [0.4, 0.5) is 16.6 Å². The second kappa shape index (κ2) is 10.7. The number of rotatable bonds is 5. The van der Waals surface area contributed by atoms with Crippen LogP contribution in [0.5, 0.6) is 0 Å². The van der Waals surface area contributed by atoms with E-state index < -0.39 is 5.60 Å². The molecule has 0 aliphatic carbocycles. The molecule has 1 aromatic carbocycles. The van der Waals surface area contributed by atoms with Crippen LogP contribution in [-0.4, -0.2) is 67.6 Å². The van der Waals surface area contributed by atoms with Crippen molar-refractivity contribution in [3.05, 3.63) is 65.6 Å². The lowest BCUT2D eigenvalue weighted by Crippen LogP contribution is -2.49. The van der Waals surface area contributed by atoms with Crippen molar-refractivity contribution in [2.75, 3.05) is 31.5 Å². The summed E-state index contributed by atoms with van der Waals surface area (Å²) in [7, 11) is 0. The fraction of sp³-hybridized carbons (Fsp3) is 0.345. The van der Waals surface area contributed by atoms with Crippen LogP contribution in [0.25, 0.3) is 22.2 Å². The van der Waals surface area contributed by atoms with E-state index in [0.29, 0.717) is 30.5 Å². The average molecular weight is 525 g/mol. The van der Waals surface area contributed by atoms with Crippen LogP contribution < -0.4 is 5.32 Å². The van der Waals surface area contributed by atoms with E-state index in [9.17, 15) is 10.1 Å². The number of nitrogens with zero attached hydrogens (tertiary/aromatic N) is 6. The van der Waals surface area contributed by atoms with Gasteiger partial charge in [-0.05, 0) is 80.8 Å². The summed E-state index contributed by atoms with van der Waals surface area (Å²) in [6, 6.07) is 15.8. The van der Waals surface area contributed by atoms with Crippen molar-refractivity contribution >= 4 is 28.9 Å². The summed E-state index contributed by atoms with van der Waals surface area (Å²) in [5.41, 5.74) is 5.45. The van der Waals surface area contributed by atoms with Gasteiger partial charge in [0.15, 0.2) is 0 Å². The standard InChI is InChI=1S/C29H32N8O2/c1-19-13-22(15-23(17-30)32-19)21-5-6-24-25(16-21)34-27(33-24)35-26-14-20(7-8-31-26)18-36-9-11-37(12-10-36)28(38)39-29(2,3)4/h5-8,13-16H,9-12,18H2,1-4H3,(H2,31,33,34,35). The van der Waals surface area contributed by atoms with Gasteiger partial charge in [-0.25, -0.2) is 19.7 Å². The van der Waals surface area contributed by atoms with Gasteiger partial charge in [-0.15, -0.1) is 0 Å². The first kappa shape index (κ1) is 26.1. The molecule has 10 nitrogen and oxygen atoms in total. The molecule has 4 heterocycles. The molecule has 0 saturated carbocycles. The van der Waals surface area contributed by atoms with Crippen LogP contribution in [0.2, 0.25) is 0 Å². The Morgan fingerprint density at radius 1 is 1.08 bits per heavy atom. The highest BCUT2D eigenvalue weighted by molar-refractivity contribution is 5.84. The molecule has 0 bridgehead atoms. The SMILES string of the molecule is Cc1cc(-c2ccc3nc(Nc4cc(CN5CCN(C(=O)OC(C)(C)C)CC5)ccn4)[nH]c3c2)cc(C#N)n1. The number of carbonyl (C=O) groups is 1. The maximum absolute atomic E-state index is 12.3. The normalized spacial score (nSPS) is 14.3. The third kappa shape index (κ3) is 6.51. The number of piperazine rings is 1. The molecule has 0 spiro atoms. The van der Waals surface area contributed by atoms with Crippen LogP contribution >= 0.6 is 0 Å². The molecule has 0 radical (unpaired) electrons. The van der Waals surface area contributed by atoms with Gasteiger partial charge < -0.3 is 19.9 Å². The molecule has 5 rings (SSSR count). The molecule has 2 N–H and O–H groups in total. The van der Waals surface area contributed by atoms with Gasteiger partial charge in [0.25, 0.3) is 0 Å².